The maximum absolute atomic E-state index is 13.7. The van der Waals surface area contributed by atoms with Crippen molar-refractivity contribution in [2.24, 2.45) is 7.05 Å². The zero-order valence-electron chi connectivity index (χ0n) is 19.8. The van der Waals surface area contributed by atoms with Crippen LogP contribution < -0.4 is 15.5 Å². The monoisotopic (exact) mass is 478 g/mol. The van der Waals surface area contributed by atoms with Gasteiger partial charge in [0, 0.05) is 49.4 Å². The maximum atomic E-state index is 13.7. The molecule has 1 amide bonds. The Balaban J connectivity index is 1.35. The lowest BCUT2D eigenvalue weighted by Gasteiger charge is -2.27. The molecule has 0 radical (unpaired) electrons. The number of carbonyl (C=O) groups excluding carboxylic acids is 1. The molecule has 0 aliphatic carbocycles. The third-order valence-electron chi connectivity index (χ3n) is 6.81. The summed E-state index contributed by atoms with van der Waals surface area (Å²) in [6.45, 7) is 8.08. The average Bonchev–Trinajstić information content (AvgIpc) is 3.09. The van der Waals surface area contributed by atoms with Crippen LogP contribution >= 0.6 is 11.6 Å². The lowest BCUT2D eigenvalue weighted by molar-refractivity contribution is 0.0985. The molecular weight excluding hydrogens is 448 g/mol. The molecular formula is C26H31ClN6O. The Morgan fingerprint density at radius 1 is 1.15 bits per heavy atom. The van der Waals surface area contributed by atoms with Crippen molar-refractivity contribution >= 4 is 34.7 Å². The number of aryl methyl sites for hydroxylation is 3. The number of fused-ring (bicyclic) bond motifs is 2. The minimum absolute atomic E-state index is 0.0301. The zero-order chi connectivity index (χ0) is 23.7. The van der Waals surface area contributed by atoms with E-state index in [2.05, 4.69) is 33.6 Å². The number of carbonyl (C=O) groups is 1. The molecule has 0 saturated carbocycles. The maximum Gasteiger partial charge on any atom is 0.258 e. The molecule has 3 heterocycles. The van der Waals surface area contributed by atoms with Crippen LogP contribution in [0.3, 0.4) is 0 Å². The fraction of sp³-hybridized carbons (Fsp3) is 0.385. The van der Waals surface area contributed by atoms with Crippen molar-refractivity contribution in [3.63, 3.8) is 0 Å². The minimum Gasteiger partial charge on any atom is -0.338 e. The molecule has 0 atom stereocenters. The van der Waals surface area contributed by atoms with Gasteiger partial charge in [-0.25, -0.2) is 0 Å². The predicted molar refractivity (Wildman–Crippen MR) is 137 cm³/mol. The number of nitrogens with one attached hydrogen (secondary N) is 2. The van der Waals surface area contributed by atoms with Crippen molar-refractivity contribution in [1.29, 1.82) is 0 Å². The van der Waals surface area contributed by atoms with E-state index >= 15 is 0 Å². The quantitative estimate of drug-likeness (QED) is 0.577. The van der Waals surface area contributed by atoms with Crippen LogP contribution in [-0.4, -0.2) is 53.3 Å². The van der Waals surface area contributed by atoms with Gasteiger partial charge in [-0.05, 0) is 67.8 Å². The second kappa shape index (κ2) is 9.78. The molecule has 3 aromatic rings. The van der Waals surface area contributed by atoms with E-state index < -0.39 is 0 Å². The van der Waals surface area contributed by atoms with E-state index in [1.807, 2.05) is 48.5 Å². The molecule has 1 aromatic heterocycles. The topological polar surface area (TPSA) is 65.4 Å². The highest BCUT2D eigenvalue weighted by molar-refractivity contribution is 6.31. The molecule has 0 spiro atoms. The Morgan fingerprint density at radius 2 is 1.97 bits per heavy atom. The number of hydrogen-bond acceptors (Lipinski definition) is 5. The first-order valence-corrected chi connectivity index (χ1v) is 12.3. The molecule has 2 aromatic carbocycles. The normalized spacial score (nSPS) is 15.9. The van der Waals surface area contributed by atoms with Crippen LogP contribution in [0.4, 0.5) is 17.2 Å². The van der Waals surface area contributed by atoms with Gasteiger partial charge in [-0.2, -0.15) is 5.10 Å². The first-order valence-electron chi connectivity index (χ1n) is 11.9. The lowest BCUT2D eigenvalue weighted by atomic mass is 10.00. The Bertz CT molecular complexity index is 1200. The van der Waals surface area contributed by atoms with Gasteiger partial charge in [0.05, 0.1) is 24.1 Å². The van der Waals surface area contributed by atoms with E-state index in [9.17, 15) is 4.79 Å². The van der Waals surface area contributed by atoms with E-state index in [4.69, 9.17) is 11.6 Å². The first-order chi connectivity index (χ1) is 16.5. The number of rotatable bonds is 5. The molecule has 2 N–H and O–H groups in total. The van der Waals surface area contributed by atoms with E-state index in [0.29, 0.717) is 17.1 Å². The molecule has 178 valence electrons. The molecule has 34 heavy (non-hydrogen) atoms. The van der Waals surface area contributed by atoms with Crippen LogP contribution in [-0.2, 0) is 20.0 Å². The minimum atomic E-state index is -0.0301. The van der Waals surface area contributed by atoms with E-state index in [1.54, 1.807) is 4.68 Å². The Labute approximate surface area is 205 Å². The van der Waals surface area contributed by atoms with Crippen molar-refractivity contribution < 1.29 is 4.79 Å². The first kappa shape index (κ1) is 22.9. The summed E-state index contributed by atoms with van der Waals surface area (Å²) < 4.78 is 1.79. The molecule has 8 heteroatoms. The second-order valence-corrected chi connectivity index (χ2v) is 9.59. The van der Waals surface area contributed by atoms with Gasteiger partial charge in [0.1, 0.15) is 5.82 Å². The molecule has 1 saturated heterocycles. The van der Waals surface area contributed by atoms with Gasteiger partial charge < -0.3 is 20.4 Å². The van der Waals surface area contributed by atoms with Gasteiger partial charge in [-0.15, -0.1) is 0 Å². The van der Waals surface area contributed by atoms with Gasteiger partial charge >= 0.3 is 0 Å². The van der Waals surface area contributed by atoms with Crippen LogP contribution in [0.25, 0.3) is 0 Å². The Morgan fingerprint density at radius 3 is 2.76 bits per heavy atom. The van der Waals surface area contributed by atoms with Gasteiger partial charge in [-0.1, -0.05) is 17.7 Å². The van der Waals surface area contributed by atoms with Crippen LogP contribution in [0.5, 0.6) is 0 Å². The van der Waals surface area contributed by atoms with Crippen LogP contribution in [0, 0.1) is 6.92 Å². The smallest absolute Gasteiger partial charge is 0.258 e. The number of nitrogens with zero attached hydrogens (tertiary/aromatic N) is 4. The number of halogens is 1. The summed E-state index contributed by atoms with van der Waals surface area (Å²) >= 11 is 6.27. The molecule has 5 rings (SSSR count). The SMILES string of the molecule is Cc1cc(C(=O)N2Cc3cnn(C)c3Nc3cc(Cl)ccc32)ccc1CCCN1CCNCC1. The van der Waals surface area contributed by atoms with Crippen molar-refractivity contribution in [2.45, 2.75) is 26.3 Å². The summed E-state index contributed by atoms with van der Waals surface area (Å²) in [5.41, 5.74) is 5.73. The van der Waals surface area contributed by atoms with E-state index in [0.717, 1.165) is 73.9 Å². The summed E-state index contributed by atoms with van der Waals surface area (Å²) in [6, 6.07) is 11.7. The highest BCUT2D eigenvalue weighted by Gasteiger charge is 2.27. The van der Waals surface area contributed by atoms with Crippen molar-refractivity contribution in [1.82, 2.24) is 20.0 Å². The van der Waals surface area contributed by atoms with Crippen LogP contribution in [0.15, 0.2) is 42.6 Å². The fourth-order valence-corrected chi connectivity index (χ4v) is 5.03. The molecule has 7 nitrogen and oxygen atoms in total. The third-order valence-corrected chi connectivity index (χ3v) is 7.05. The third kappa shape index (κ3) is 4.69. The summed E-state index contributed by atoms with van der Waals surface area (Å²) in [7, 11) is 1.89. The number of amides is 1. The van der Waals surface area contributed by atoms with E-state index in [-0.39, 0.29) is 5.91 Å². The number of aromatic nitrogens is 2. The molecule has 2 aliphatic rings. The Hall–Kier alpha value is -2.87. The highest BCUT2D eigenvalue weighted by Crippen LogP contribution is 2.38. The van der Waals surface area contributed by atoms with Crippen molar-refractivity contribution in [3.8, 4) is 0 Å². The number of hydrogen-bond donors (Lipinski definition) is 2. The number of piperazine rings is 1. The summed E-state index contributed by atoms with van der Waals surface area (Å²) in [4.78, 5) is 18.1. The summed E-state index contributed by atoms with van der Waals surface area (Å²) in [5, 5.41) is 11.8. The molecule has 2 aliphatic heterocycles. The van der Waals surface area contributed by atoms with Gasteiger partial charge in [0.2, 0.25) is 0 Å². The van der Waals surface area contributed by atoms with Gasteiger partial charge in [0.15, 0.2) is 0 Å². The fourth-order valence-electron chi connectivity index (χ4n) is 4.86. The molecule has 1 fully saturated rings. The van der Waals surface area contributed by atoms with Crippen molar-refractivity contribution in [3.05, 3.63) is 69.9 Å². The van der Waals surface area contributed by atoms with Crippen LogP contribution in [0.2, 0.25) is 5.02 Å². The van der Waals surface area contributed by atoms with Crippen molar-refractivity contribution in [2.75, 3.05) is 42.9 Å². The van der Waals surface area contributed by atoms with Gasteiger partial charge in [-0.3, -0.25) is 9.48 Å². The zero-order valence-corrected chi connectivity index (χ0v) is 20.5. The number of benzene rings is 2. The second-order valence-electron chi connectivity index (χ2n) is 9.16. The number of anilines is 3. The highest BCUT2D eigenvalue weighted by atomic mass is 35.5. The largest absolute Gasteiger partial charge is 0.338 e. The summed E-state index contributed by atoms with van der Waals surface area (Å²) in [5.74, 6) is 0.840. The predicted octanol–water partition coefficient (Wildman–Crippen LogP) is 4.12. The molecule has 0 bridgehead atoms. The summed E-state index contributed by atoms with van der Waals surface area (Å²) in [6.07, 6.45) is 3.96. The van der Waals surface area contributed by atoms with Crippen LogP contribution in [0.1, 0.15) is 33.5 Å². The molecule has 0 unspecified atom stereocenters. The Kier molecular flexibility index (Phi) is 6.59. The lowest BCUT2D eigenvalue weighted by Crippen LogP contribution is -2.43. The average molecular weight is 479 g/mol. The van der Waals surface area contributed by atoms with Gasteiger partial charge in [0.25, 0.3) is 5.91 Å². The van der Waals surface area contributed by atoms with E-state index in [1.165, 1.54) is 5.56 Å². The standard InChI is InChI=1S/C26H31ClN6O/c1-18-14-20(6-5-19(18)4-3-11-32-12-9-28-10-13-32)26(34)33-17-21-16-29-31(2)25(21)30-23-15-22(27)7-8-24(23)33/h5-8,14-16,28,30H,3-4,9-13,17H2,1-2H3.